The summed E-state index contributed by atoms with van der Waals surface area (Å²) < 4.78 is 0. The van der Waals surface area contributed by atoms with Gasteiger partial charge in [0.25, 0.3) is 0 Å². The zero-order chi connectivity index (χ0) is 17.9. The molecule has 0 bridgehead atoms. The van der Waals surface area contributed by atoms with Crippen molar-refractivity contribution in [3.8, 4) is 0 Å². The smallest absolute Gasteiger partial charge is 0.00383 e. The molecule has 1 aromatic carbocycles. The van der Waals surface area contributed by atoms with Crippen LogP contribution in [0.15, 0.2) is 42.0 Å². The summed E-state index contributed by atoms with van der Waals surface area (Å²) in [5.41, 5.74) is 7.26. The Balaban J connectivity index is 1.48. The van der Waals surface area contributed by atoms with Crippen LogP contribution in [0.3, 0.4) is 0 Å². The van der Waals surface area contributed by atoms with Crippen molar-refractivity contribution >= 4 is 5.57 Å². The van der Waals surface area contributed by atoms with Gasteiger partial charge < -0.3 is 0 Å². The third kappa shape index (κ3) is 2.26. The first-order valence-electron chi connectivity index (χ1n) is 11.0. The second kappa shape index (κ2) is 5.85. The van der Waals surface area contributed by atoms with Crippen molar-refractivity contribution in [2.24, 2.45) is 28.6 Å². The molecule has 0 spiro atoms. The first kappa shape index (κ1) is 16.8. The van der Waals surface area contributed by atoms with Crippen LogP contribution < -0.4 is 0 Å². The van der Waals surface area contributed by atoms with Crippen molar-refractivity contribution in [3.05, 3.63) is 53.1 Å². The number of allylic oxidation sites excluding steroid dienone is 4. The van der Waals surface area contributed by atoms with E-state index < -0.39 is 0 Å². The van der Waals surface area contributed by atoms with Gasteiger partial charge in [-0.15, -0.1) is 0 Å². The Labute approximate surface area is 159 Å². The Morgan fingerprint density at radius 1 is 0.846 bits per heavy atom. The van der Waals surface area contributed by atoms with Crippen LogP contribution in [0.1, 0.15) is 76.3 Å². The Morgan fingerprint density at radius 2 is 1.65 bits per heavy atom. The van der Waals surface area contributed by atoms with Crippen molar-refractivity contribution in [1.82, 2.24) is 0 Å². The lowest BCUT2D eigenvalue weighted by Gasteiger charge is -2.57. The molecule has 5 rings (SSSR count). The molecule has 0 heterocycles. The topological polar surface area (TPSA) is 0 Å². The van der Waals surface area contributed by atoms with Gasteiger partial charge in [0.2, 0.25) is 0 Å². The van der Waals surface area contributed by atoms with Crippen molar-refractivity contribution in [2.75, 3.05) is 0 Å². The van der Waals surface area contributed by atoms with Crippen LogP contribution >= 0.6 is 0 Å². The van der Waals surface area contributed by atoms with E-state index in [0.717, 1.165) is 17.8 Å². The van der Waals surface area contributed by atoms with Gasteiger partial charge in [0, 0.05) is 0 Å². The number of benzene rings is 1. The van der Waals surface area contributed by atoms with E-state index in [1.165, 1.54) is 62.5 Å². The third-order valence-electron chi connectivity index (χ3n) is 8.96. The predicted octanol–water partition coefficient (Wildman–Crippen LogP) is 7.34. The molecule has 4 aliphatic rings. The predicted molar refractivity (Wildman–Crippen MR) is 111 cm³/mol. The average molecular weight is 347 g/mol. The summed E-state index contributed by atoms with van der Waals surface area (Å²) in [5.74, 6) is 2.69. The summed E-state index contributed by atoms with van der Waals surface area (Å²) in [4.78, 5) is 0. The minimum absolute atomic E-state index is 0.396. The second-order valence-corrected chi connectivity index (χ2v) is 10.1. The van der Waals surface area contributed by atoms with Gasteiger partial charge in [-0.05, 0) is 91.6 Å². The van der Waals surface area contributed by atoms with Gasteiger partial charge >= 0.3 is 0 Å². The highest BCUT2D eigenvalue weighted by molar-refractivity contribution is 5.73. The van der Waals surface area contributed by atoms with Crippen LogP contribution in [-0.2, 0) is 0 Å². The van der Waals surface area contributed by atoms with E-state index in [0.29, 0.717) is 10.8 Å². The molecular formula is C26H34. The molecule has 0 N–H and O–H groups in total. The number of hydrogen-bond acceptors (Lipinski definition) is 0. The molecule has 5 unspecified atom stereocenters. The normalized spacial score (nSPS) is 41.6. The van der Waals surface area contributed by atoms with Crippen LogP contribution in [-0.4, -0.2) is 0 Å². The number of aryl methyl sites for hydroxylation is 1. The van der Waals surface area contributed by atoms with E-state index in [1.807, 2.05) is 5.57 Å². The maximum atomic E-state index is 2.69. The van der Waals surface area contributed by atoms with Gasteiger partial charge in [0.1, 0.15) is 0 Å². The van der Waals surface area contributed by atoms with Gasteiger partial charge in [-0.3, -0.25) is 0 Å². The molecule has 0 nitrogen and oxygen atoms in total. The molecule has 0 saturated heterocycles. The summed E-state index contributed by atoms with van der Waals surface area (Å²) in [5, 5.41) is 0. The minimum Gasteiger partial charge on any atom is -0.0845 e. The molecule has 138 valence electrons. The van der Waals surface area contributed by atoms with Crippen molar-refractivity contribution < 1.29 is 0 Å². The highest BCUT2D eigenvalue weighted by Crippen LogP contribution is 2.66. The lowest BCUT2D eigenvalue weighted by atomic mass is 9.47. The monoisotopic (exact) mass is 346 g/mol. The molecule has 0 amide bonds. The first-order chi connectivity index (χ1) is 12.5. The fourth-order valence-electron chi connectivity index (χ4n) is 7.45. The molecule has 26 heavy (non-hydrogen) atoms. The Morgan fingerprint density at radius 3 is 2.46 bits per heavy atom. The van der Waals surface area contributed by atoms with E-state index in [2.05, 4.69) is 57.2 Å². The largest absolute Gasteiger partial charge is 0.0845 e. The standard InChI is InChI=1S/C26H34/c1-18-7-9-19(10-8-18)22-13-14-23-21-12-11-20-6-4-5-16-25(20,2)24(21)15-17-26(22,23)3/h7-11,13,21,23-24H,4-6,12,14-17H2,1-3H3. The van der Waals surface area contributed by atoms with Crippen LogP contribution in [0.2, 0.25) is 0 Å². The molecule has 5 atom stereocenters. The van der Waals surface area contributed by atoms with E-state index in [9.17, 15) is 0 Å². The maximum absolute atomic E-state index is 2.69. The number of hydrogen-bond donors (Lipinski definition) is 0. The molecule has 0 heteroatoms. The quantitative estimate of drug-likeness (QED) is 0.467. The lowest BCUT2D eigenvalue weighted by Crippen LogP contribution is -2.48. The zero-order valence-electron chi connectivity index (χ0n) is 16.9. The highest BCUT2D eigenvalue weighted by atomic mass is 14.6. The third-order valence-corrected chi connectivity index (χ3v) is 8.96. The van der Waals surface area contributed by atoms with Crippen molar-refractivity contribution in [2.45, 2.75) is 72.1 Å². The first-order valence-corrected chi connectivity index (χ1v) is 11.0. The molecule has 0 radical (unpaired) electrons. The fraction of sp³-hybridized carbons (Fsp3) is 0.615. The Bertz CT molecular complexity index is 764. The van der Waals surface area contributed by atoms with Crippen LogP contribution in [0.4, 0.5) is 0 Å². The van der Waals surface area contributed by atoms with E-state index in [4.69, 9.17) is 0 Å². The molecule has 4 aliphatic carbocycles. The maximum Gasteiger partial charge on any atom is -0.00383 e. The van der Waals surface area contributed by atoms with Crippen LogP contribution in [0.25, 0.3) is 5.57 Å². The molecule has 0 aromatic heterocycles. The Kier molecular flexibility index (Phi) is 3.79. The highest BCUT2D eigenvalue weighted by Gasteiger charge is 2.56. The van der Waals surface area contributed by atoms with Crippen molar-refractivity contribution in [3.63, 3.8) is 0 Å². The number of fused-ring (bicyclic) bond motifs is 5. The van der Waals surface area contributed by atoms with Crippen LogP contribution in [0.5, 0.6) is 0 Å². The van der Waals surface area contributed by atoms with Gasteiger partial charge in [-0.1, -0.05) is 67.8 Å². The summed E-state index contributed by atoms with van der Waals surface area (Å²) >= 11 is 0. The fourth-order valence-corrected chi connectivity index (χ4v) is 7.45. The van der Waals surface area contributed by atoms with Gasteiger partial charge in [-0.25, -0.2) is 0 Å². The lowest BCUT2D eigenvalue weighted by molar-refractivity contribution is -0.00979. The summed E-state index contributed by atoms with van der Waals surface area (Å²) in [6.07, 6.45) is 16.5. The van der Waals surface area contributed by atoms with Gasteiger partial charge in [0.05, 0.1) is 0 Å². The Hall–Kier alpha value is -1.30. The van der Waals surface area contributed by atoms with Gasteiger partial charge in [-0.2, -0.15) is 0 Å². The van der Waals surface area contributed by atoms with Crippen molar-refractivity contribution in [1.29, 1.82) is 0 Å². The van der Waals surface area contributed by atoms with E-state index in [1.54, 1.807) is 5.57 Å². The molecule has 2 saturated carbocycles. The molecule has 1 aromatic rings. The minimum atomic E-state index is 0.396. The average Bonchev–Trinajstić information content (AvgIpc) is 2.99. The number of rotatable bonds is 1. The molecule has 2 fully saturated rings. The van der Waals surface area contributed by atoms with E-state index >= 15 is 0 Å². The summed E-state index contributed by atoms with van der Waals surface area (Å²) in [7, 11) is 0. The SMILES string of the molecule is Cc1ccc(C2=CCC3C4CC=C5CCCCC5(C)C4CCC23C)cc1. The summed E-state index contributed by atoms with van der Waals surface area (Å²) in [6, 6.07) is 9.30. The molecule has 0 aliphatic heterocycles. The van der Waals surface area contributed by atoms with Crippen LogP contribution in [0, 0.1) is 35.5 Å². The van der Waals surface area contributed by atoms with Gasteiger partial charge in [0.15, 0.2) is 0 Å². The van der Waals surface area contributed by atoms with E-state index in [-0.39, 0.29) is 0 Å². The molecular weight excluding hydrogens is 312 g/mol. The zero-order valence-corrected chi connectivity index (χ0v) is 16.9. The summed E-state index contributed by atoms with van der Waals surface area (Å²) in [6.45, 7) is 7.41. The second-order valence-electron chi connectivity index (χ2n) is 10.1.